The van der Waals surface area contributed by atoms with E-state index in [1.54, 1.807) is 0 Å². The lowest BCUT2D eigenvalue weighted by Gasteiger charge is -2.34. The van der Waals surface area contributed by atoms with Crippen molar-refractivity contribution in [3.63, 3.8) is 0 Å². The highest BCUT2D eigenvalue weighted by Gasteiger charge is 2.58. The predicted octanol–water partition coefficient (Wildman–Crippen LogP) is 3.79. The van der Waals surface area contributed by atoms with Crippen molar-refractivity contribution in [2.45, 2.75) is 84.7 Å². The van der Waals surface area contributed by atoms with E-state index < -0.39 is 6.10 Å². The molecule has 0 radical (unpaired) electrons. The zero-order valence-corrected chi connectivity index (χ0v) is 15.8. The molecule has 2 rings (SSSR count). The summed E-state index contributed by atoms with van der Waals surface area (Å²) in [4.78, 5) is 12.2. The summed E-state index contributed by atoms with van der Waals surface area (Å²) >= 11 is 0. The summed E-state index contributed by atoms with van der Waals surface area (Å²) in [5.41, 5.74) is 1.85. The van der Waals surface area contributed by atoms with Crippen LogP contribution in [-0.2, 0) is 14.3 Å². The molecule has 0 aromatic carbocycles. The summed E-state index contributed by atoms with van der Waals surface area (Å²) in [5, 5.41) is 10.9. The summed E-state index contributed by atoms with van der Waals surface area (Å²) in [6.07, 6.45) is 5.09. The third-order valence-electron chi connectivity index (χ3n) is 5.18. The maximum absolute atomic E-state index is 12.2. The largest absolute Gasteiger partial charge is 0.458 e. The molecule has 136 valence electrons. The van der Waals surface area contributed by atoms with E-state index in [9.17, 15) is 9.90 Å². The van der Waals surface area contributed by atoms with Gasteiger partial charge in [-0.1, -0.05) is 31.1 Å². The molecular formula is C20H32O4. The van der Waals surface area contributed by atoms with Crippen LogP contribution in [0.5, 0.6) is 0 Å². The minimum absolute atomic E-state index is 0.146. The molecule has 0 bridgehead atoms. The van der Waals surface area contributed by atoms with Gasteiger partial charge in [0.2, 0.25) is 0 Å². The average molecular weight is 336 g/mol. The first-order valence-corrected chi connectivity index (χ1v) is 9.01. The topological polar surface area (TPSA) is 59.1 Å². The summed E-state index contributed by atoms with van der Waals surface area (Å²) in [6, 6.07) is 0. The van der Waals surface area contributed by atoms with Crippen molar-refractivity contribution in [2.24, 2.45) is 11.8 Å². The molecular weight excluding hydrogens is 304 g/mol. The van der Waals surface area contributed by atoms with Crippen LogP contribution in [0.15, 0.2) is 23.3 Å². The number of esters is 1. The van der Waals surface area contributed by atoms with Crippen LogP contribution in [0.3, 0.4) is 0 Å². The Morgan fingerprint density at radius 3 is 2.71 bits per heavy atom. The Bertz CT molecular complexity index is 530. The number of hydrogen-bond donors (Lipinski definition) is 1. The fourth-order valence-electron chi connectivity index (χ4n) is 3.81. The number of rotatable bonds is 3. The second-order valence-electron chi connectivity index (χ2n) is 8.15. The quantitative estimate of drug-likeness (QED) is 0.369. The monoisotopic (exact) mass is 336 g/mol. The van der Waals surface area contributed by atoms with E-state index in [1.165, 1.54) is 11.6 Å². The molecule has 2 aliphatic rings. The zero-order valence-electron chi connectivity index (χ0n) is 15.8. The molecule has 0 aromatic heterocycles. The third kappa shape index (κ3) is 4.48. The number of hydrogen-bond acceptors (Lipinski definition) is 4. The lowest BCUT2D eigenvalue weighted by molar-refractivity contribution is -0.150. The maximum Gasteiger partial charge on any atom is 0.330 e. The normalized spacial score (nSPS) is 36.4. The molecule has 5 atom stereocenters. The second-order valence-corrected chi connectivity index (χ2v) is 8.15. The van der Waals surface area contributed by atoms with Crippen molar-refractivity contribution in [3.05, 3.63) is 23.3 Å². The van der Waals surface area contributed by atoms with Gasteiger partial charge in [-0.05, 0) is 46.5 Å². The van der Waals surface area contributed by atoms with Crippen molar-refractivity contribution in [1.29, 1.82) is 0 Å². The number of aliphatic hydroxyl groups is 1. The van der Waals surface area contributed by atoms with Gasteiger partial charge >= 0.3 is 5.97 Å². The second kappa shape index (κ2) is 7.40. The first kappa shape index (κ1) is 19.2. The Kier molecular flexibility index (Phi) is 5.92. The molecule has 0 saturated carbocycles. The molecule has 0 amide bonds. The van der Waals surface area contributed by atoms with Gasteiger partial charge in [-0.2, -0.15) is 0 Å². The zero-order chi connectivity index (χ0) is 18.1. The first-order chi connectivity index (χ1) is 11.1. The van der Waals surface area contributed by atoms with Crippen LogP contribution in [0.1, 0.15) is 60.8 Å². The third-order valence-corrected chi connectivity index (χ3v) is 5.18. The fourth-order valence-corrected chi connectivity index (χ4v) is 3.81. The van der Waals surface area contributed by atoms with E-state index in [1.807, 2.05) is 13.8 Å². The van der Waals surface area contributed by atoms with Crippen molar-refractivity contribution in [1.82, 2.24) is 0 Å². The average Bonchev–Trinajstić information content (AvgIpc) is 3.08. The number of carbonyl (C=O) groups is 1. The van der Waals surface area contributed by atoms with Gasteiger partial charge in [0.1, 0.15) is 12.2 Å². The lowest BCUT2D eigenvalue weighted by atomic mass is 9.78. The van der Waals surface area contributed by atoms with E-state index in [-0.39, 0.29) is 35.6 Å². The molecule has 4 heteroatoms. The summed E-state index contributed by atoms with van der Waals surface area (Å²) in [5.74, 6) is -0.292. The lowest BCUT2D eigenvalue weighted by Crippen LogP contribution is -2.43. The first-order valence-electron chi connectivity index (χ1n) is 9.01. The van der Waals surface area contributed by atoms with E-state index >= 15 is 0 Å². The summed E-state index contributed by atoms with van der Waals surface area (Å²) < 4.78 is 11.6. The van der Waals surface area contributed by atoms with Gasteiger partial charge in [0, 0.05) is 18.4 Å². The predicted molar refractivity (Wildman–Crippen MR) is 94.5 cm³/mol. The van der Waals surface area contributed by atoms with Gasteiger partial charge in [-0.3, -0.25) is 0 Å². The van der Waals surface area contributed by atoms with Crippen LogP contribution in [0.4, 0.5) is 0 Å². The molecule has 0 aromatic rings. The standard InChI is InChI=1S/C20H32O4/c1-12(2)10-16(21)23-15-11-14(5)8-7-9-20(6)19(24-20)18(22)17(15)13(3)4/h8,10,13,15,17-19,22H,7,9,11H2,1-6H3. The maximum atomic E-state index is 12.2. The molecule has 1 aliphatic heterocycles. The molecule has 4 nitrogen and oxygen atoms in total. The molecule has 5 unspecified atom stereocenters. The molecule has 1 saturated heterocycles. The van der Waals surface area contributed by atoms with Crippen LogP contribution in [0, 0.1) is 11.8 Å². The van der Waals surface area contributed by atoms with Crippen LogP contribution in [0.2, 0.25) is 0 Å². The van der Waals surface area contributed by atoms with Crippen molar-refractivity contribution >= 4 is 5.97 Å². The van der Waals surface area contributed by atoms with Gasteiger partial charge in [0.25, 0.3) is 0 Å². The van der Waals surface area contributed by atoms with Gasteiger partial charge in [-0.15, -0.1) is 0 Å². The van der Waals surface area contributed by atoms with Crippen LogP contribution in [0.25, 0.3) is 0 Å². The van der Waals surface area contributed by atoms with Crippen molar-refractivity contribution in [3.8, 4) is 0 Å². The Morgan fingerprint density at radius 2 is 2.12 bits per heavy atom. The number of ether oxygens (including phenoxy) is 2. The van der Waals surface area contributed by atoms with Gasteiger partial charge in [-0.25, -0.2) is 4.79 Å². The minimum Gasteiger partial charge on any atom is -0.458 e. The van der Waals surface area contributed by atoms with E-state index in [0.717, 1.165) is 18.4 Å². The molecule has 1 N–H and O–H groups in total. The van der Waals surface area contributed by atoms with Gasteiger partial charge in [0.05, 0.1) is 11.7 Å². The number of allylic oxidation sites excluding steroid dienone is 2. The van der Waals surface area contributed by atoms with Gasteiger partial charge < -0.3 is 14.6 Å². The molecule has 1 heterocycles. The molecule has 1 fully saturated rings. The fraction of sp³-hybridized carbons (Fsp3) is 0.750. The highest BCUT2D eigenvalue weighted by Crippen LogP contribution is 2.47. The number of fused-ring (bicyclic) bond motifs is 1. The Hall–Kier alpha value is -1.13. The SMILES string of the molecule is CC(C)=CC(=O)OC1CC(C)=CCCC2(C)OC2C(O)C1C(C)C. The Labute approximate surface area is 145 Å². The molecule has 24 heavy (non-hydrogen) atoms. The summed E-state index contributed by atoms with van der Waals surface area (Å²) in [6.45, 7) is 12.0. The van der Waals surface area contributed by atoms with Crippen LogP contribution >= 0.6 is 0 Å². The number of carbonyl (C=O) groups excluding carboxylic acids is 1. The van der Waals surface area contributed by atoms with Crippen LogP contribution < -0.4 is 0 Å². The number of aliphatic hydroxyl groups excluding tert-OH is 1. The highest BCUT2D eigenvalue weighted by molar-refractivity contribution is 5.82. The summed E-state index contributed by atoms with van der Waals surface area (Å²) in [7, 11) is 0. The Balaban J connectivity index is 2.29. The molecule has 1 aliphatic carbocycles. The van der Waals surface area contributed by atoms with Crippen molar-refractivity contribution < 1.29 is 19.4 Å². The van der Waals surface area contributed by atoms with E-state index in [4.69, 9.17) is 9.47 Å². The van der Waals surface area contributed by atoms with E-state index in [2.05, 4.69) is 33.8 Å². The van der Waals surface area contributed by atoms with Crippen LogP contribution in [-0.4, -0.2) is 35.0 Å². The van der Waals surface area contributed by atoms with Crippen molar-refractivity contribution in [2.75, 3.05) is 0 Å². The highest BCUT2D eigenvalue weighted by atomic mass is 16.6. The smallest absolute Gasteiger partial charge is 0.330 e. The number of epoxide rings is 1. The molecule has 0 spiro atoms. The minimum atomic E-state index is -0.620. The van der Waals surface area contributed by atoms with E-state index in [0.29, 0.717) is 6.42 Å². The Morgan fingerprint density at radius 1 is 1.46 bits per heavy atom. The van der Waals surface area contributed by atoms with Gasteiger partial charge in [0.15, 0.2) is 0 Å².